The van der Waals surface area contributed by atoms with Crippen LogP contribution in [0.1, 0.15) is 37.5 Å². The molecule has 0 radical (unpaired) electrons. The van der Waals surface area contributed by atoms with Gasteiger partial charge in [0.1, 0.15) is 5.69 Å². The first kappa shape index (κ1) is 20.2. The Labute approximate surface area is 170 Å². The van der Waals surface area contributed by atoms with Gasteiger partial charge >= 0.3 is 0 Å². The molecule has 0 saturated heterocycles. The number of rotatable bonds is 6. The second-order valence-electron chi connectivity index (χ2n) is 6.96. The number of aryl methyl sites for hydroxylation is 1. The number of nitrogens with zero attached hydrogens (tertiary/aromatic N) is 3. The van der Waals surface area contributed by atoms with Crippen molar-refractivity contribution in [3.05, 3.63) is 89.0 Å². The smallest absolute Gasteiger partial charge is 0.274 e. The van der Waals surface area contributed by atoms with E-state index in [0.717, 1.165) is 28.8 Å². The molecule has 3 rings (SSSR count). The van der Waals surface area contributed by atoms with Crippen LogP contribution in [0.5, 0.6) is 0 Å². The molecule has 1 aromatic carbocycles. The van der Waals surface area contributed by atoms with Gasteiger partial charge in [0, 0.05) is 43.4 Å². The molecule has 3 aromatic rings. The SMILES string of the molecule is Cc1cccc(NC(=O)c2cc(C(=O)N(C)CCc3ccncc3)ccn2)c1C. The van der Waals surface area contributed by atoms with Gasteiger partial charge in [-0.1, -0.05) is 12.1 Å². The molecule has 0 atom stereocenters. The monoisotopic (exact) mass is 388 g/mol. The maximum atomic E-state index is 12.8. The van der Waals surface area contributed by atoms with Crippen LogP contribution in [0.3, 0.4) is 0 Å². The van der Waals surface area contributed by atoms with Crippen LogP contribution < -0.4 is 5.32 Å². The number of hydrogen-bond acceptors (Lipinski definition) is 4. The van der Waals surface area contributed by atoms with Gasteiger partial charge in [0.2, 0.25) is 0 Å². The number of benzene rings is 1. The number of amides is 2. The van der Waals surface area contributed by atoms with Crippen LogP contribution in [-0.4, -0.2) is 40.3 Å². The summed E-state index contributed by atoms with van der Waals surface area (Å²) in [7, 11) is 1.75. The van der Waals surface area contributed by atoms with E-state index in [0.29, 0.717) is 12.1 Å². The molecule has 0 spiro atoms. The Morgan fingerprint density at radius 2 is 1.79 bits per heavy atom. The molecule has 6 nitrogen and oxygen atoms in total. The fraction of sp³-hybridized carbons (Fsp3) is 0.217. The molecular weight excluding hydrogens is 364 g/mol. The average molecular weight is 388 g/mol. The summed E-state index contributed by atoms with van der Waals surface area (Å²) in [6, 6.07) is 12.8. The summed E-state index contributed by atoms with van der Waals surface area (Å²) in [5.41, 5.74) is 4.59. The zero-order valence-electron chi connectivity index (χ0n) is 16.8. The number of carbonyl (C=O) groups is 2. The van der Waals surface area contributed by atoms with Crippen LogP contribution in [-0.2, 0) is 6.42 Å². The Morgan fingerprint density at radius 1 is 1.03 bits per heavy atom. The molecule has 29 heavy (non-hydrogen) atoms. The number of carbonyl (C=O) groups excluding carboxylic acids is 2. The first-order chi connectivity index (χ1) is 14.0. The quantitative estimate of drug-likeness (QED) is 0.699. The lowest BCUT2D eigenvalue weighted by Crippen LogP contribution is -2.29. The summed E-state index contributed by atoms with van der Waals surface area (Å²) in [5.74, 6) is -0.491. The molecule has 0 bridgehead atoms. The second kappa shape index (κ2) is 9.10. The topological polar surface area (TPSA) is 75.2 Å². The van der Waals surface area contributed by atoms with Crippen LogP contribution in [0, 0.1) is 13.8 Å². The molecule has 0 fully saturated rings. The first-order valence-corrected chi connectivity index (χ1v) is 9.43. The minimum atomic E-state index is -0.340. The van der Waals surface area contributed by atoms with E-state index in [9.17, 15) is 9.59 Å². The van der Waals surface area contributed by atoms with Gasteiger partial charge in [0.05, 0.1) is 0 Å². The summed E-state index contributed by atoms with van der Waals surface area (Å²) in [6.45, 7) is 4.51. The van der Waals surface area contributed by atoms with Gasteiger partial charge < -0.3 is 10.2 Å². The Kier molecular flexibility index (Phi) is 6.34. The first-order valence-electron chi connectivity index (χ1n) is 9.43. The number of pyridine rings is 2. The fourth-order valence-electron chi connectivity index (χ4n) is 2.93. The highest BCUT2D eigenvalue weighted by molar-refractivity contribution is 6.05. The Balaban J connectivity index is 1.68. The summed E-state index contributed by atoms with van der Waals surface area (Å²) in [4.78, 5) is 35.2. The van der Waals surface area contributed by atoms with Crippen molar-refractivity contribution >= 4 is 17.5 Å². The van der Waals surface area contributed by atoms with Crippen molar-refractivity contribution in [3.8, 4) is 0 Å². The molecule has 2 heterocycles. The number of nitrogens with one attached hydrogen (secondary N) is 1. The lowest BCUT2D eigenvalue weighted by Gasteiger charge is -2.17. The van der Waals surface area contributed by atoms with Gasteiger partial charge in [0.25, 0.3) is 11.8 Å². The van der Waals surface area contributed by atoms with E-state index >= 15 is 0 Å². The highest BCUT2D eigenvalue weighted by Crippen LogP contribution is 2.19. The molecule has 0 saturated carbocycles. The molecule has 0 aliphatic carbocycles. The van der Waals surface area contributed by atoms with Crippen LogP contribution in [0.4, 0.5) is 5.69 Å². The van der Waals surface area contributed by atoms with Crippen molar-refractivity contribution in [1.29, 1.82) is 0 Å². The van der Waals surface area contributed by atoms with E-state index in [4.69, 9.17) is 0 Å². The molecule has 6 heteroatoms. The van der Waals surface area contributed by atoms with Crippen LogP contribution in [0.2, 0.25) is 0 Å². The lowest BCUT2D eigenvalue weighted by atomic mass is 10.1. The van der Waals surface area contributed by atoms with Crippen LogP contribution >= 0.6 is 0 Å². The summed E-state index contributed by atoms with van der Waals surface area (Å²) >= 11 is 0. The highest BCUT2D eigenvalue weighted by atomic mass is 16.2. The summed E-state index contributed by atoms with van der Waals surface area (Å²) in [6.07, 6.45) is 5.69. The van der Waals surface area contributed by atoms with E-state index in [-0.39, 0.29) is 17.5 Å². The zero-order chi connectivity index (χ0) is 20.8. The fourth-order valence-corrected chi connectivity index (χ4v) is 2.93. The third-order valence-electron chi connectivity index (χ3n) is 4.92. The van der Waals surface area contributed by atoms with E-state index in [1.165, 1.54) is 12.3 Å². The minimum absolute atomic E-state index is 0.151. The maximum Gasteiger partial charge on any atom is 0.274 e. The predicted molar refractivity (Wildman–Crippen MR) is 113 cm³/mol. The third-order valence-corrected chi connectivity index (χ3v) is 4.92. The van der Waals surface area contributed by atoms with Crippen LogP contribution in [0.25, 0.3) is 0 Å². The van der Waals surface area contributed by atoms with Gasteiger partial charge in [-0.25, -0.2) is 0 Å². The van der Waals surface area contributed by atoms with Crippen molar-refractivity contribution in [2.24, 2.45) is 0 Å². The molecule has 0 unspecified atom stereocenters. The molecule has 0 aliphatic heterocycles. The van der Waals surface area contributed by atoms with Crippen molar-refractivity contribution < 1.29 is 9.59 Å². The van der Waals surface area contributed by atoms with E-state index in [2.05, 4.69) is 15.3 Å². The normalized spacial score (nSPS) is 10.4. The Hall–Kier alpha value is -3.54. The second-order valence-corrected chi connectivity index (χ2v) is 6.96. The van der Waals surface area contributed by atoms with Gasteiger partial charge in [0.15, 0.2) is 0 Å². The third kappa shape index (κ3) is 5.04. The number of aromatic nitrogens is 2. The van der Waals surface area contributed by atoms with Gasteiger partial charge in [-0.2, -0.15) is 0 Å². The van der Waals surface area contributed by atoms with Gasteiger partial charge in [-0.15, -0.1) is 0 Å². The average Bonchev–Trinajstić information content (AvgIpc) is 2.75. The Bertz CT molecular complexity index is 1020. The van der Waals surface area contributed by atoms with Gasteiger partial charge in [-0.3, -0.25) is 19.6 Å². The summed E-state index contributed by atoms with van der Waals surface area (Å²) < 4.78 is 0. The van der Waals surface area contributed by atoms with Crippen molar-refractivity contribution in [2.45, 2.75) is 20.3 Å². The van der Waals surface area contributed by atoms with E-state index < -0.39 is 0 Å². The predicted octanol–water partition coefficient (Wildman–Crippen LogP) is 3.66. The highest BCUT2D eigenvalue weighted by Gasteiger charge is 2.16. The van der Waals surface area contributed by atoms with E-state index in [1.807, 2.05) is 44.2 Å². The van der Waals surface area contributed by atoms with Crippen molar-refractivity contribution in [3.63, 3.8) is 0 Å². The van der Waals surface area contributed by atoms with Gasteiger partial charge in [-0.05, 0) is 67.3 Å². The zero-order valence-corrected chi connectivity index (χ0v) is 16.8. The number of anilines is 1. The number of likely N-dealkylation sites (N-methyl/N-ethyl adjacent to an activating group) is 1. The molecular formula is C23H24N4O2. The minimum Gasteiger partial charge on any atom is -0.341 e. The van der Waals surface area contributed by atoms with E-state index in [1.54, 1.807) is 30.4 Å². The molecule has 2 amide bonds. The number of hydrogen-bond donors (Lipinski definition) is 1. The largest absolute Gasteiger partial charge is 0.341 e. The Morgan fingerprint density at radius 3 is 2.55 bits per heavy atom. The van der Waals surface area contributed by atoms with Crippen molar-refractivity contribution in [1.82, 2.24) is 14.9 Å². The molecule has 1 N–H and O–H groups in total. The molecule has 148 valence electrons. The van der Waals surface area contributed by atoms with Crippen molar-refractivity contribution in [2.75, 3.05) is 18.9 Å². The molecule has 2 aromatic heterocycles. The molecule has 0 aliphatic rings. The standard InChI is InChI=1S/C23H24N4O2/c1-16-5-4-6-20(17(16)2)26-22(28)21-15-19(9-13-25-21)23(29)27(3)14-10-18-7-11-24-12-8-18/h4-9,11-13,15H,10,14H2,1-3H3,(H,26,28). The summed E-state index contributed by atoms with van der Waals surface area (Å²) in [5, 5.41) is 2.88. The van der Waals surface area contributed by atoms with Crippen LogP contribution in [0.15, 0.2) is 61.1 Å². The lowest BCUT2D eigenvalue weighted by molar-refractivity contribution is 0.0796. The maximum absolute atomic E-state index is 12.8.